The molecule has 1 unspecified atom stereocenters. The van der Waals surface area contributed by atoms with Crippen LogP contribution in [0, 0.1) is 0 Å². The normalized spacial score (nSPS) is 11.6. The highest BCUT2D eigenvalue weighted by Crippen LogP contribution is 2.22. The zero-order valence-corrected chi connectivity index (χ0v) is 12.3. The SMILES string of the molecule is CC([NH3+])COc1ccc(-c2ccc(CO)cc2)cc1.[Cl-]. The van der Waals surface area contributed by atoms with Crippen LogP contribution in [-0.2, 0) is 6.61 Å². The maximum Gasteiger partial charge on any atom is 0.139 e. The van der Waals surface area contributed by atoms with Crippen LogP contribution in [-0.4, -0.2) is 17.8 Å². The van der Waals surface area contributed by atoms with Crippen LogP contribution in [0.2, 0.25) is 0 Å². The fraction of sp³-hybridized carbons (Fsp3) is 0.250. The standard InChI is InChI=1S/C16H19NO2.ClH/c1-12(17)11-19-16-8-6-15(7-9-16)14-4-2-13(10-18)3-5-14;/h2-9,12,18H,10-11,17H2,1H3;1H. The fourth-order valence-corrected chi connectivity index (χ4v) is 1.78. The average Bonchev–Trinajstić information content (AvgIpc) is 2.46. The van der Waals surface area contributed by atoms with E-state index in [1.807, 2.05) is 55.5 Å². The first kappa shape index (κ1) is 16.5. The number of hydrogen-bond acceptors (Lipinski definition) is 2. The molecule has 0 fully saturated rings. The number of hydrogen-bond donors (Lipinski definition) is 2. The highest BCUT2D eigenvalue weighted by molar-refractivity contribution is 5.64. The van der Waals surface area contributed by atoms with Gasteiger partial charge in [0.25, 0.3) is 0 Å². The van der Waals surface area contributed by atoms with E-state index in [0.717, 1.165) is 22.4 Å². The van der Waals surface area contributed by atoms with Gasteiger partial charge in [-0.2, -0.15) is 0 Å². The van der Waals surface area contributed by atoms with Crippen molar-refractivity contribution < 1.29 is 28.0 Å². The Balaban J connectivity index is 0.00000200. The smallest absolute Gasteiger partial charge is 0.139 e. The van der Waals surface area contributed by atoms with Crippen LogP contribution in [0.25, 0.3) is 11.1 Å². The molecule has 2 rings (SSSR count). The number of aliphatic hydroxyl groups excluding tert-OH is 1. The Hall–Kier alpha value is -1.55. The summed E-state index contributed by atoms with van der Waals surface area (Å²) >= 11 is 0. The minimum Gasteiger partial charge on any atom is -1.00 e. The van der Waals surface area contributed by atoms with Crippen LogP contribution in [0.4, 0.5) is 0 Å². The summed E-state index contributed by atoms with van der Waals surface area (Å²) in [4.78, 5) is 0. The third-order valence-corrected chi connectivity index (χ3v) is 2.86. The minimum atomic E-state index is 0. The molecular formula is C16H20ClNO2. The van der Waals surface area contributed by atoms with Crippen LogP contribution in [0.15, 0.2) is 48.5 Å². The molecular weight excluding hydrogens is 274 g/mol. The van der Waals surface area contributed by atoms with E-state index in [1.54, 1.807) is 0 Å². The predicted molar refractivity (Wildman–Crippen MR) is 75.6 cm³/mol. The van der Waals surface area contributed by atoms with Gasteiger partial charge in [-0.3, -0.25) is 0 Å². The van der Waals surface area contributed by atoms with Crippen molar-refractivity contribution in [1.82, 2.24) is 0 Å². The van der Waals surface area contributed by atoms with Gasteiger partial charge in [0.15, 0.2) is 0 Å². The molecule has 0 aliphatic carbocycles. The van der Waals surface area contributed by atoms with Gasteiger partial charge in [-0.15, -0.1) is 0 Å². The molecule has 0 saturated carbocycles. The Kier molecular flexibility index (Phi) is 6.52. The van der Waals surface area contributed by atoms with Gasteiger partial charge in [0.05, 0.1) is 6.61 Å². The molecule has 0 bridgehead atoms. The maximum atomic E-state index is 9.02. The van der Waals surface area contributed by atoms with Gasteiger partial charge in [0.2, 0.25) is 0 Å². The van der Waals surface area contributed by atoms with E-state index in [0.29, 0.717) is 6.61 Å². The highest BCUT2D eigenvalue weighted by atomic mass is 35.5. The summed E-state index contributed by atoms with van der Waals surface area (Å²) in [5, 5.41) is 9.02. The summed E-state index contributed by atoms with van der Waals surface area (Å²) < 4.78 is 5.60. The van der Waals surface area contributed by atoms with E-state index in [9.17, 15) is 0 Å². The first-order chi connectivity index (χ1) is 9.19. The average molecular weight is 294 g/mol. The van der Waals surface area contributed by atoms with E-state index in [1.165, 1.54) is 0 Å². The second-order valence-corrected chi connectivity index (χ2v) is 4.80. The number of aliphatic hydroxyl groups is 1. The summed E-state index contributed by atoms with van der Waals surface area (Å²) in [6, 6.07) is 16.2. The Morgan fingerprint density at radius 3 is 1.95 bits per heavy atom. The number of rotatable bonds is 5. The third kappa shape index (κ3) is 4.53. The Bertz CT molecular complexity index is 509. The van der Waals surface area contributed by atoms with Crippen LogP contribution in [0.3, 0.4) is 0 Å². The summed E-state index contributed by atoms with van der Waals surface area (Å²) in [5.41, 5.74) is 7.09. The summed E-state index contributed by atoms with van der Waals surface area (Å²) in [6.07, 6.45) is 0. The van der Waals surface area contributed by atoms with E-state index < -0.39 is 0 Å². The van der Waals surface area contributed by atoms with Gasteiger partial charge in [0.1, 0.15) is 18.4 Å². The van der Waals surface area contributed by atoms with Crippen molar-refractivity contribution >= 4 is 0 Å². The van der Waals surface area contributed by atoms with Crippen molar-refractivity contribution in [2.45, 2.75) is 19.6 Å². The number of ether oxygens (including phenoxy) is 1. The molecule has 0 aliphatic heterocycles. The minimum absolute atomic E-state index is 0. The van der Waals surface area contributed by atoms with Gasteiger partial charge in [-0.25, -0.2) is 0 Å². The largest absolute Gasteiger partial charge is 1.00 e. The second-order valence-electron chi connectivity index (χ2n) is 4.80. The van der Waals surface area contributed by atoms with Crippen molar-refractivity contribution in [2.75, 3.05) is 6.61 Å². The topological polar surface area (TPSA) is 57.1 Å². The fourth-order valence-electron chi connectivity index (χ4n) is 1.78. The molecule has 0 aliphatic rings. The van der Waals surface area contributed by atoms with Gasteiger partial charge in [0, 0.05) is 0 Å². The predicted octanol–water partition coefficient (Wildman–Crippen LogP) is -1.14. The lowest BCUT2D eigenvalue weighted by atomic mass is 10.0. The van der Waals surface area contributed by atoms with E-state index in [2.05, 4.69) is 5.73 Å². The Morgan fingerprint density at radius 2 is 1.50 bits per heavy atom. The molecule has 0 aromatic heterocycles. The molecule has 0 heterocycles. The first-order valence-corrected chi connectivity index (χ1v) is 6.45. The van der Waals surface area contributed by atoms with Crippen molar-refractivity contribution in [2.24, 2.45) is 0 Å². The molecule has 4 N–H and O–H groups in total. The van der Waals surface area contributed by atoms with E-state index >= 15 is 0 Å². The van der Waals surface area contributed by atoms with E-state index in [-0.39, 0.29) is 25.1 Å². The molecule has 108 valence electrons. The maximum absolute atomic E-state index is 9.02. The number of quaternary nitrogens is 1. The highest BCUT2D eigenvalue weighted by Gasteiger charge is 2.01. The molecule has 4 heteroatoms. The molecule has 0 radical (unpaired) electrons. The molecule has 20 heavy (non-hydrogen) atoms. The number of benzene rings is 2. The van der Waals surface area contributed by atoms with Crippen LogP contribution >= 0.6 is 0 Å². The van der Waals surface area contributed by atoms with Crippen molar-refractivity contribution in [3.05, 3.63) is 54.1 Å². The van der Waals surface area contributed by atoms with Crippen LogP contribution in [0.1, 0.15) is 12.5 Å². The van der Waals surface area contributed by atoms with Gasteiger partial charge < -0.3 is 28.0 Å². The van der Waals surface area contributed by atoms with Crippen molar-refractivity contribution in [3.63, 3.8) is 0 Å². The van der Waals surface area contributed by atoms with Crippen molar-refractivity contribution in [1.29, 1.82) is 0 Å². The Labute approximate surface area is 125 Å². The van der Waals surface area contributed by atoms with E-state index in [4.69, 9.17) is 9.84 Å². The van der Waals surface area contributed by atoms with Crippen LogP contribution in [0.5, 0.6) is 5.75 Å². The molecule has 1 atom stereocenters. The van der Waals surface area contributed by atoms with Crippen LogP contribution < -0.4 is 22.9 Å². The third-order valence-electron chi connectivity index (χ3n) is 2.86. The summed E-state index contributed by atoms with van der Waals surface area (Å²) in [5.74, 6) is 0.867. The molecule has 0 saturated heterocycles. The van der Waals surface area contributed by atoms with Gasteiger partial charge in [-0.1, -0.05) is 36.4 Å². The monoisotopic (exact) mass is 293 g/mol. The van der Waals surface area contributed by atoms with Gasteiger partial charge in [-0.05, 0) is 35.7 Å². The zero-order chi connectivity index (χ0) is 13.7. The Morgan fingerprint density at radius 1 is 1.00 bits per heavy atom. The van der Waals surface area contributed by atoms with Crippen molar-refractivity contribution in [3.8, 4) is 16.9 Å². The first-order valence-electron chi connectivity index (χ1n) is 6.45. The molecule has 0 spiro atoms. The molecule has 2 aromatic rings. The molecule has 2 aromatic carbocycles. The lowest BCUT2D eigenvalue weighted by Gasteiger charge is -2.08. The lowest BCUT2D eigenvalue weighted by Crippen LogP contribution is -3.00. The lowest BCUT2D eigenvalue weighted by molar-refractivity contribution is -0.417. The quantitative estimate of drug-likeness (QED) is 0.732. The summed E-state index contributed by atoms with van der Waals surface area (Å²) in [7, 11) is 0. The second kappa shape index (κ2) is 7.90. The molecule has 0 amide bonds. The molecule has 3 nitrogen and oxygen atoms in total. The van der Waals surface area contributed by atoms with Gasteiger partial charge >= 0.3 is 0 Å². The number of halogens is 1. The summed E-state index contributed by atoms with van der Waals surface area (Å²) in [6.45, 7) is 2.73. The zero-order valence-electron chi connectivity index (χ0n) is 11.6.